The molecule has 1 saturated carbocycles. The molecule has 0 aromatic carbocycles. The summed E-state index contributed by atoms with van der Waals surface area (Å²) in [5.41, 5.74) is 3.04. The molecular weight excluding hydrogens is 436 g/mol. The smallest absolute Gasteiger partial charge is 0.348 e. The van der Waals surface area contributed by atoms with Gasteiger partial charge in [0.05, 0.1) is 19.0 Å². The van der Waals surface area contributed by atoms with Crippen molar-refractivity contribution in [2.75, 3.05) is 23.8 Å². The van der Waals surface area contributed by atoms with Crippen molar-refractivity contribution in [3.63, 3.8) is 0 Å². The number of nitriles is 1. The second-order valence-corrected chi connectivity index (χ2v) is 8.86. The first-order valence-electron chi connectivity index (χ1n) is 11.2. The number of esters is 1. The second kappa shape index (κ2) is 10.9. The monoisotopic (exact) mass is 462 g/mol. The van der Waals surface area contributed by atoms with Gasteiger partial charge in [-0.25, -0.2) is 19.7 Å². The van der Waals surface area contributed by atoms with Crippen LogP contribution in [0.25, 0.3) is 11.1 Å². The van der Waals surface area contributed by atoms with Gasteiger partial charge in [-0.15, -0.1) is 11.3 Å². The van der Waals surface area contributed by atoms with E-state index < -0.39 is 0 Å². The van der Waals surface area contributed by atoms with Gasteiger partial charge in [0.2, 0.25) is 0 Å². The van der Waals surface area contributed by atoms with Crippen LogP contribution in [0.5, 0.6) is 0 Å². The van der Waals surface area contributed by atoms with Crippen molar-refractivity contribution in [3.8, 4) is 17.2 Å². The second-order valence-electron chi connectivity index (χ2n) is 7.94. The number of rotatable bonds is 8. The Balaban J connectivity index is 1.58. The maximum Gasteiger partial charge on any atom is 0.348 e. The molecule has 0 aliphatic heterocycles. The summed E-state index contributed by atoms with van der Waals surface area (Å²) in [6, 6.07) is 5.76. The molecule has 0 radical (unpaired) electrons. The largest absolute Gasteiger partial charge is 0.462 e. The van der Waals surface area contributed by atoms with Gasteiger partial charge in [-0.2, -0.15) is 5.26 Å². The van der Waals surface area contributed by atoms with Crippen LogP contribution >= 0.6 is 11.3 Å². The third-order valence-corrected chi connectivity index (χ3v) is 6.53. The molecule has 3 aromatic heterocycles. The van der Waals surface area contributed by atoms with Gasteiger partial charge in [0, 0.05) is 30.1 Å². The van der Waals surface area contributed by atoms with Crippen molar-refractivity contribution in [1.82, 2.24) is 15.0 Å². The highest BCUT2D eigenvalue weighted by atomic mass is 32.1. The third kappa shape index (κ3) is 5.84. The summed E-state index contributed by atoms with van der Waals surface area (Å²) in [6.45, 7) is 3.04. The molecule has 0 atom stereocenters. The van der Waals surface area contributed by atoms with E-state index in [1.54, 1.807) is 13.1 Å². The predicted molar refractivity (Wildman–Crippen MR) is 129 cm³/mol. The quantitative estimate of drug-likeness (QED) is 0.429. The summed E-state index contributed by atoms with van der Waals surface area (Å²) in [5, 5.41) is 17.6. The van der Waals surface area contributed by atoms with Crippen LogP contribution < -0.4 is 10.6 Å². The van der Waals surface area contributed by atoms with Crippen molar-refractivity contribution in [1.29, 1.82) is 5.26 Å². The van der Waals surface area contributed by atoms with Gasteiger partial charge in [-0.05, 0) is 42.7 Å². The molecule has 3 heterocycles. The Bertz CT molecular complexity index is 1130. The summed E-state index contributed by atoms with van der Waals surface area (Å²) in [4.78, 5) is 25.5. The molecule has 8 nitrogen and oxygen atoms in total. The molecule has 0 bridgehead atoms. The third-order valence-electron chi connectivity index (χ3n) is 5.62. The van der Waals surface area contributed by atoms with E-state index in [9.17, 15) is 4.79 Å². The van der Waals surface area contributed by atoms with E-state index in [2.05, 4.69) is 25.6 Å². The predicted octanol–water partition coefficient (Wildman–Crippen LogP) is 5.38. The zero-order valence-corrected chi connectivity index (χ0v) is 19.3. The molecule has 0 spiro atoms. The molecule has 1 aliphatic rings. The number of carbonyl (C=O) groups excluding carboxylic acids is 1. The number of ether oxygens (including phenoxy) is 1. The number of nitrogens with zero attached hydrogens (tertiary/aromatic N) is 4. The number of thiophene rings is 1. The molecule has 0 unspecified atom stereocenters. The zero-order valence-electron chi connectivity index (χ0n) is 18.5. The Labute approximate surface area is 197 Å². The highest BCUT2D eigenvalue weighted by molar-refractivity contribution is 7.12. The minimum Gasteiger partial charge on any atom is -0.462 e. The highest BCUT2D eigenvalue weighted by Crippen LogP contribution is 2.34. The molecular formula is C24H26N6O2S. The SMILES string of the molecule is CCOC(=O)c1cc(-c2cnc(Nc3cnc(C#N)cn3)cc2NCC2CCCCC2)cs1. The lowest BCUT2D eigenvalue weighted by atomic mass is 9.89. The number of carbonyl (C=O) groups is 1. The summed E-state index contributed by atoms with van der Waals surface area (Å²) in [7, 11) is 0. The molecule has 1 aliphatic carbocycles. The van der Waals surface area contributed by atoms with Crippen LogP contribution in [0.3, 0.4) is 0 Å². The summed E-state index contributed by atoms with van der Waals surface area (Å²) in [6.07, 6.45) is 11.1. The number of aromatic nitrogens is 3. The van der Waals surface area contributed by atoms with E-state index in [-0.39, 0.29) is 11.7 Å². The van der Waals surface area contributed by atoms with E-state index in [1.165, 1.54) is 55.8 Å². The van der Waals surface area contributed by atoms with Crippen LogP contribution in [0.15, 0.2) is 36.1 Å². The molecule has 3 aromatic rings. The molecule has 0 saturated heterocycles. The number of anilines is 3. The van der Waals surface area contributed by atoms with Crippen LogP contribution in [-0.2, 0) is 4.74 Å². The van der Waals surface area contributed by atoms with Gasteiger partial charge in [0.15, 0.2) is 5.69 Å². The Hall–Kier alpha value is -3.51. The minimum atomic E-state index is -0.309. The first-order chi connectivity index (χ1) is 16.2. The van der Waals surface area contributed by atoms with E-state index in [1.807, 2.05) is 23.6 Å². The Morgan fingerprint density at radius 3 is 2.70 bits per heavy atom. The van der Waals surface area contributed by atoms with Crippen LogP contribution in [0.1, 0.15) is 54.4 Å². The number of hydrogen-bond donors (Lipinski definition) is 2. The maximum absolute atomic E-state index is 12.1. The molecule has 4 rings (SSSR count). The summed E-state index contributed by atoms with van der Waals surface area (Å²) in [5.74, 6) is 1.46. The topological polar surface area (TPSA) is 113 Å². The first kappa shape index (κ1) is 22.7. The number of hydrogen-bond acceptors (Lipinski definition) is 9. The first-order valence-corrected chi connectivity index (χ1v) is 12.0. The van der Waals surface area contributed by atoms with Crippen molar-refractivity contribution >= 4 is 34.6 Å². The minimum absolute atomic E-state index is 0.258. The van der Waals surface area contributed by atoms with Crippen molar-refractivity contribution in [2.45, 2.75) is 39.0 Å². The standard InChI is InChI=1S/C24H26N6O2S/c1-2-32-24(31)21-8-17(15-33-21)19-13-29-22(30-23-14-26-18(10-25)12-28-23)9-20(19)27-11-16-6-4-3-5-7-16/h8-9,12-16H,2-7,11H2,1H3,(H2,27,28,29,30). The maximum atomic E-state index is 12.1. The number of nitrogens with one attached hydrogen (secondary N) is 2. The Morgan fingerprint density at radius 2 is 1.97 bits per heavy atom. The van der Waals surface area contributed by atoms with Crippen molar-refractivity contribution in [3.05, 3.63) is 46.7 Å². The molecule has 1 fully saturated rings. The molecule has 2 N–H and O–H groups in total. The van der Waals surface area contributed by atoms with E-state index in [0.29, 0.717) is 29.0 Å². The summed E-state index contributed by atoms with van der Waals surface area (Å²) < 4.78 is 5.13. The fourth-order valence-corrected chi connectivity index (χ4v) is 4.71. The molecule has 170 valence electrons. The van der Waals surface area contributed by atoms with Crippen LogP contribution in [0.4, 0.5) is 17.3 Å². The van der Waals surface area contributed by atoms with Crippen LogP contribution in [-0.4, -0.2) is 34.1 Å². The average Bonchev–Trinajstić information content (AvgIpc) is 3.34. The molecule has 0 amide bonds. The lowest BCUT2D eigenvalue weighted by Gasteiger charge is -2.23. The molecule has 33 heavy (non-hydrogen) atoms. The summed E-state index contributed by atoms with van der Waals surface area (Å²) >= 11 is 1.37. The van der Waals surface area contributed by atoms with E-state index >= 15 is 0 Å². The highest BCUT2D eigenvalue weighted by Gasteiger charge is 2.17. The normalized spacial score (nSPS) is 13.8. The van der Waals surface area contributed by atoms with Gasteiger partial charge in [-0.3, -0.25) is 0 Å². The lowest BCUT2D eigenvalue weighted by molar-refractivity contribution is 0.0532. The van der Waals surface area contributed by atoms with E-state index in [4.69, 9.17) is 10.00 Å². The van der Waals surface area contributed by atoms with Crippen LogP contribution in [0.2, 0.25) is 0 Å². The Morgan fingerprint density at radius 1 is 1.15 bits per heavy atom. The van der Waals surface area contributed by atoms with Gasteiger partial charge >= 0.3 is 5.97 Å². The fraction of sp³-hybridized carbons (Fsp3) is 0.375. The van der Waals surface area contributed by atoms with Gasteiger partial charge in [0.25, 0.3) is 0 Å². The van der Waals surface area contributed by atoms with Gasteiger partial charge < -0.3 is 15.4 Å². The fourth-order valence-electron chi connectivity index (χ4n) is 3.91. The number of pyridine rings is 1. The van der Waals surface area contributed by atoms with Gasteiger partial charge in [-0.1, -0.05) is 19.3 Å². The zero-order chi connectivity index (χ0) is 23.0. The molecule has 9 heteroatoms. The van der Waals surface area contributed by atoms with Crippen LogP contribution in [0, 0.1) is 17.2 Å². The lowest BCUT2D eigenvalue weighted by Crippen LogP contribution is -2.17. The van der Waals surface area contributed by atoms with Crippen molar-refractivity contribution in [2.24, 2.45) is 5.92 Å². The van der Waals surface area contributed by atoms with Crippen molar-refractivity contribution < 1.29 is 9.53 Å². The van der Waals surface area contributed by atoms with Gasteiger partial charge in [0.1, 0.15) is 22.6 Å². The Kier molecular flexibility index (Phi) is 7.47. The average molecular weight is 463 g/mol. The van der Waals surface area contributed by atoms with E-state index in [0.717, 1.165) is 23.4 Å².